The molecular weight excluding hydrogens is 301 g/mol. The highest BCUT2D eigenvalue weighted by Gasteiger charge is 2.08. The van der Waals surface area contributed by atoms with Crippen LogP contribution in [0.5, 0.6) is 0 Å². The van der Waals surface area contributed by atoms with Gasteiger partial charge < -0.3 is 5.73 Å². The van der Waals surface area contributed by atoms with E-state index < -0.39 is 5.91 Å². The highest BCUT2D eigenvalue weighted by molar-refractivity contribution is 7.98. The van der Waals surface area contributed by atoms with E-state index in [0.717, 1.165) is 15.5 Å². The van der Waals surface area contributed by atoms with Crippen LogP contribution in [-0.4, -0.2) is 5.91 Å². The van der Waals surface area contributed by atoms with Crippen molar-refractivity contribution in [3.8, 4) is 0 Å². The van der Waals surface area contributed by atoms with Crippen LogP contribution in [-0.2, 0) is 5.75 Å². The van der Waals surface area contributed by atoms with Crippen molar-refractivity contribution in [3.63, 3.8) is 0 Å². The normalized spacial score (nSPS) is 9.74. The van der Waals surface area contributed by atoms with Crippen LogP contribution in [0.4, 0.5) is 0 Å². The van der Waals surface area contributed by atoms with Crippen LogP contribution in [0, 0.1) is 0 Å². The largest absolute Gasteiger partial charge is 0.366 e. The maximum Gasteiger partial charge on any atom is 0.249 e. The number of benzene rings is 2. The number of hydrogen-bond acceptors (Lipinski definition) is 2. The Hall–Kier alpha value is -1.16. The average molecular weight is 314 g/mol. The Kier molecular flexibility index (Phi) is 6.22. The lowest BCUT2D eigenvalue weighted by atomic mass is 10.2. The van der Waals surface area contributed by atoms with Gasteiger partial charge in [-0.1, -0.05) is 41.9 Å². The molecule has 0 spiro atoms. The summed E-state index contributed by atoms with van der Waals surface area (Å²) in [6.07, 6.45) is 0. The third-order valence-corrected chi connectivity index (χ3v) is 3.98. The van der Waals surface area contributed by atoms with Gasteiger partial charge >= 0.3 is 0 Å². The van der Waals surface area contributed by atoms with Crippen molar-refractivity contribution >= 4 is 41.7 Å². The number of hydrogen-bond donors (Lipinski definition) is 1. The fraction of sp³-hybridized carbons (Fsp3) is 0.0714. The van der Waals surface area contributed by atoms with Gasteiger partial charge in [-0.25, -0.2) is 0 Å². The van der Waals surface area contributed by atoms with Crippen molar-refractivity contribution in [2.24, 2.45) is 5.73 Å². The topological polar surface area (TPSA) is 43.1 Å². The van der Waals surface area contributed by atoms with E-state index in [1.807, 2.05) is 36.4 Å². The van der Waals surface area contributed by atoms with Crippen LogP contribution in [0.15, 0.2) is 53.4 Å². The molecule has 5 heteroatoms. The zero-order valence-electron chi connectivity index (χ0n) is 10.0. The Bertz CT molecular complexity index is 575. The first-order valence-corrected chi connectivity index (χ1v) is 6.80. The molecule has 19 heavy (non-hydrogen) atoms. The summed E-state index contributed by atoms with van der Waals surface area (Å²) in [7, 11) is 0. The molecule has 2 nitrogen and oxygen atoms in total. The average Bonchev–Trinajstić information content (AvgIpc) is 2.38. The van der Waals surface area contributed by atoms with E-state index >= 15 is 0 Å². The molecule has 0 unspecified atom stereocenters. The zero-order chi connectivity index (χ0) is 13.0. The van der Waals surface area contributed by atoms with Crippen LogP contribution >= 0.6 is 35.8 Å². The predicted octanol–water partition coefficient (Wildman–Crippen LogP) is 4.15. The van der Waals surface area contributed by atoms with Crippen LogP contribution in [0.25, 0.3) is 0 Å². The van der Waals surface area contributed by atoms with Crippen molar-refractivity contribution in [1.82, 2.24) is 0 Å². The summed E-state index contributed by atoms with van der Waals surface area (Å²) >= 11 is 7.65. The Morgan fingerprint density at radius 2 is 1.74 bits per heavy atom. The molecule has 0 heterocycles. The van der Waals surface area contributed by atoms with E-state index in [1.165, 1.54) is 0 Å². The molecule has 1 amide bonds. The van der Waals surface area contributed by atoms with Crippen LogP contribution in [0.1, 0.15) is 15.9 Å². The fourth-order valence-electron chi connectivity index (χ4n) is 1.57. The molecule has 0 aliphatic carbocycles. The standard InChI is InChI=1S/C14H12ClNOS.ClH/c15-12-7-3-1-5-10(12)9-18-13-8-4-2-6-11(13)14(16)17;/h1-8H,9H2,(H2,16,17);1H. The number of carbonyl (C=O) groups excluding carboxylic acids is 1. The van der Waals surface area contributed by atoms with Crippen LogP contribution in [0.2, 0.25) is 5.02 Å². The second-order valence-electron chi connectivity index (χ2n) is 3.74. The highest BCUT2D eigenvalue weighted by atomic mass is 35.5. The fourth-order valence-corrected chi connectivity index (χ4v) is 2.91. The maximum atomic E-state index is 11.3. The minimum atomic E-state index is -0.405. The number of rotatable bonds is 4. The molecule has 2 rings (SSSR count). The summed E-state index contributed by atoms with van der Waals surface area (Å²) in [4.78, 5) is 12.2. The van der Waals surface area contributed by atoms with Crippen LogP contribution < -0.4 is 5.73 Å². The van der Waals surface area contributed by atoms with Gasteiger partial charge in [0.2, 0.25) is 5.91 Å². The summed E-state index contributed by atoms with van der Waals surface area (Å²) in [5, 5.41) is 0.738. The molecule has 0 bridgehead atoms. The zero-order valence-corrected chi connectivity index (χ0v) is 12.4. The highest BCUT2D eigenvalue weighted by Crippen LogP contribution is 2.28. The molecular formula is C14H13Cl2NOS. The van der Waals surface area contributed by atoms with Crippen LogP contribution in [0.3, 0.4) is 0 Å². The van der Waals surface area contributed by atoms with E-state index in [4.69, 9.17) is 17.3 Å². The minimum absolute atomic E-state index is 0. The molecule has 0 radical (unpaired) electrons. The number of primary amides is 1. The molecule has 2 aromatic carbocycles. The molecule has 0 saturated heterocycles. The van der Waals surface area contributed by atoms with Gasteiger partial charge in [-0.15, -0.1) is 24.2 Å². The van der Waals surface area contributed by atoms with E-state index in [9.17, 15) is 4.79 Å². The van der Waals surface area contributed by atoms with E-state index in [1.54, 1.807) is 23.9 Å². The number of halogens is 2. The second-order valence-corrected chi connectivity index (χ2v) is 5.16. The molecule has 0 fully saturated rings. The van der Waals surface area contributed by atoms with Gasteiger partial charge in [0, 0.05) is 15.7 Å². The number of amides is 1. The summed E-state index contributed by atoms with van der Waals surface area (Å²) in [5.74, 6) is 0.307. The van der Waals surface area contributed by atoms with Gasteiger partial charge in [0.15, 0.2) is 0 Å². The van der Waals surface area contributed by atoms with Gasteiger partial charge in [0.1, 0.15) is 0 Å². The molecule has 2 N–H and O–H groups in total. The molecule has 0 atom stereocenters. The van der Waals surface area contributed by atoms with Gasteiger partial charge in [-0.3, -0.25) is 4.79 Å². The Morgan fingerprint density at radius 1 is 1.11 bits per heavy atom. The number of nitrogens with two attached hydrogens (primary N) is 1. The number of carbonyl (C=O) groups is 1. The SMILES string of the molecule is Cl.NC(=O)c1ccccc1SCc1ccccc1Cl. The lowest BCUT2D eigenvalue weighted by Gasteiger charge is -2.07. The Balaban J connectivity index is 0.00000180. The van der Waals surface area contributed by atoms with Crippen molar-refractivity contribution < 1.29 is 4.79 Å². The van der Waals surface area contributed by atoms with Crippen molar-refractivity contribution in [2.45, 2.75) is 10.6 Å². The Labute approximate surface area is 127 Å². The summed E-state index contributed by atoms with van der Waals surface area (Å²) < 4.78 is 0. The monoisotopic (exact) mass is 313 g/mol. The Morgan fingerprint density at radius 3 is 2.42 bits per heavy atom. The van der Waals surface area contributed by atoms with E-state index in [2.05, 4.69) is 0 Å². The smallest absolute Gasteiger partial charge is 0.249 e. The molecule has 2 aromatic rings. The predicted molar refractivity (Wildman–Crippen MR) is 83.2 cm³/mol. The van der Waals surface area contributed by atoms with Gasteiger partial charge in [0.05, 0.1) is 5.56 Å². The van der Waals surface area contributed by atoms with Crippen molar-refractivity contribution in [3.05, 3.63) is 64.7 Å². The lowest BCUT2D eigenvalue weighted by molar-refractivity contribution is 0.0997. The summed E-state index contributed by atoms with van der Waals surface area (Å²) in [6, 6.07) is 15.0. The van der Waals surface area contributed by atoms with Gasteiger partial charge in [0.25, 0.3) is 0 Å². The lowest BCUT2D eigenvalue weighted by Crippen LogP contribution is -2.11. The molecule has 0 aliphatic heterocycles. The van der Waals surface area contributed by atoms with Crippen molar-refractivity contribution in [2.75, 3.05) is 0 Å². The van der Waals surface area contributed by atoms with Gasteiger partial charge in [-0.2, -0.15) is 0 Å². The summed E-state index contributed by atoms with van der Waals surface area (Å²) in [5.41, 5.74) is 6.93. The number of thioether (sulfide) groups is 1. The minimum Gasteiger partial charge on any atom is -0.366 e. The third-order valence-electron chi connectivity index (χ3n) is 2.49. The van der Waals surface area contributed by atoms with Crippen molar-refractivity contribution in [1.29, 1.82) is 0 Å². The maximum absolute atomic E-state index is 11.3. The second kappa shape index (κ2) is 7.43. The quantitative estimate of drug-likeness (QED) is 0.861. The van der Waals surface area contributed by atoms with E-state index in [0.29, 0.717) is 11.3 Å². The molecule has 0 aromatic heterocycles. The summed E-state index contributed by atoms with van der Waals surface area (Å²) in [6.45, 7) is 0. The molecule has 0 aliphatic rings. The first-order valence-electron chi connectivity index (χ1n) is 5.43. The van der Waals surface area contributed by atoms with E-state index in [-0.39, 0.29) is 12.4 Å². The third kappa shape index (κ3) is 4.16. The molecule has 100 valence electrons. The van der Waals surface area contributed by atoms with Gasteiger partial charge in [-0.05, 0) is 23.8 Å². The first-order chi connectivity index (χ1) is 8.68. The molecule has 0 saturated carbocycles. The first kappa shape index (κ1) is 15.9.